The van der Waals surface area contributed by atoms with Gasteiger partial charge in [0.05, 0.1) is 6.54 Å². The van der Waals surface area contributed by atoms with Gasteiger partial charge in [0.1, 0.15) is 0 Å². The molecule has 0 aromatic rings. The largest absolute Gasteiger partial charge is 0.357 e. The Labute approximate surface area is 178 Å². The highest BCUT2D eigenvalue weighted by Gasteiger charge is 2.26. The average molecular weight is 479 g/mol. The number of halogens is 1. The van der Waals surface area contributed by atoms with Crippen LogP contribution in [0, 0.1) is 0 Å². The second kappa shape index (κ2) is 12.4. The van der Waals surface area contributed by atoms with Gasteiger partial charge in [0.2, 0.25) is 0 Å². The molecule has 0 amide bonds. The molecule has 1 saturated heterocycles. The summed E-state index contributed by atoms with van der Waals surface area (Å²) in [5.41, 5.74) is 0.160. The summed E-state index contributed by atoms with van der Waals surface area (Å²) >= 11 is 0. The molecule has 1 aliphatic heterocycles. The number of hydrogen-bond donors (Lipinski definition) is 3. The summed E-state index contributed by atoms with van der Waals surface area (Å²) < 4.78 is 0. The molecule has 2 rings (SSSR count). The Balaban J connectivity index is 0.00000338. The quantitative estimate of drug-likeness (QED) is 0.237. The van der Waals surface area contributed by atoms with Gasteiger partial charge >= 0.3 is 0 Å². The molecule has 0 radical (unpaired) electrons. The average Bonchev–Trinajstić information content (AvgIpc) is 2.59. The third-order valence-electron chi connectivity index (χ3n) is 5.34. The summed E-state index contributed by atoms with van der Waals surface area (Å²) in [5, 5.41) is 10.6. The minimum atomic E-state index is 0. The Bertz CT molecular complexity index is 393. The SMILES string of the molecule is CCNC(=NCCNC(C)(C)C)NC1CCN(C2CCCCC2)CC1.I. The highest BCUT2D eigenvalue weighted by molar-refractivity contribution is 14.0. The van der Waals surface area contributed by atoms with E-state index in [2.05, 4.69) is 48.5 Å². The molecule has 2 aliphatic rings. The van der Waals surface area contributed by atoms with Crippen LogP contribution in [0.15, 0.2) is 4.99 Å². The lowest BCUT2D eigenvalue weighted by Gasteiger charge is -2.39. The second-order valence-corrected chi connectivity index (χ2v) is 8.68. The summed E-state index contributed by atoms with van der Waals surface area (Å²) in [5.74, 6) is 0.981. The second-order valence-electron chi connectivity index (χ2n) is 8.68. The van der Waals surface area contributed by atoms with Crippen LogP contribution in [0.4, 0.5) is 0 Å². The third-order valence-corrected chi connectivity index (χ3v) is 5.34. The molecule has 0 aromatic heterocycles. The number of guanidine groups is 1. The number of likely N-dealkylation sites (tertiary alicyclic amines) is 1. The highest BCUT2D eigenvalue weighted by Crippen LogP contribution is 2.25. The van der Waals surface area contributed by atoms with Gasteiger partial charge in [-0.05, 0) is 53.4 Å². The molecule has 154 valence electrons. The molecule has 6 heteroatoms. The molecule has 2 fully saturated rings. The van der Waals surface area contributed by atoms with Crippen LogP contribution < -0.4 is 16.0 Å². The molecule has 1 heterocycles. The van der Waals surface area contributed by atoms with Crippen molar-refractivity contribution < 1.29 is 0 Å². The van der Waals surface area contributed by atoms with Crippen LogP contribution in [0.3, 0.4) is 0 Å². The Hall–Kier alpha value is -0.0800. The van der Waals surface area contributed by atoms with E-state index < -0.39 is 0 Å². The maximum Gasteiger partial charge on any atom is 0.191 e. The zero-order valence-corrected chi connectivity index (χ0v) is 19.8. The Kier molecular flexibility index (Phi) is 11.4. The Morgan fingerprint density at radius 2 is 1.69 bits per heavy atom. The van der Waals surface area contributed by atoms with Crippen molar-refractivity contribution in [1.82, 2.24) is 20.9 Å². The lowest BCUT2D eigenvalue weighted by Crippen LogP contribution is -2.51. The molecular formula is C20H42IN5. The zero-order chi connectivity index (χ0) is 18.1. The predicted octanol–water partition coefficient (Wildman–Crippen LogP) is 3.34. The molecule has 1 saturated carbocycles. The molecule has 1 aliphatic carbocycles. The molecular weight excluding hydrogens is 437 g/mol. The van der Waals surface area contributed by atoms with Crippen molar-refractivity contribution in [1.29, 1.82) is 0 Å². The van der Waals surface area contributed by atoms with Crippen molar-refractivity contribution in [3.05, 3.63) is 0 Å². The van der Waals surface area contributed by atoms with Crippen LogP contribution in [0.2, 0.25) is 0 Å². The molecule has 5 nitrogen and oxygen atoms in total. The first kappa shape index (κ1) is 24.0. The number of rotatable bonds is 6. The minimum Gasteiger partial charge on any atom is -0.357 e. The maximum atomic E-state index is 4.74. The predicted molar refractivity (Wildman–Crippen MR) is 124 cm³/mol. The van der Waals surface area contributed by atoms with Crippen LogP contribution in [0.5, 0.6) is 0 Å². The number of nitrogens with one attached hydrogen (secondary N) is 3. The number of nitrogens with zero attached hydrogens (tertiary/aromatic N) is 2. The van der Waals surface area contributed by atoms with Gasteiger partial charge in [-0.2, -0.15) is 0 Å². The van der Waals surface area contributed by atoms with Crippen molar-refractivity contribution in [3.63, 3.8) is 0 Å². The van der Waals surface area contributed by atoms with Crippen molar-refractivity contribution in [3.8, 4) is 0 Å². The van der Waals surface area contributed by atoms with Gasteiger partial charge in [-0.25, -0.2) is 0 Å². The topological polar surface area (TPSA) is 51.7 Å². The van der Waals surface area contributed by atoms with E-state index >= 15 is 0 Å². The van der Waals surface area contributed by atoms with Crippen LogP contribution in [-0.4, -0.2) is 61.2 Å². The van der Waals surface area contributed by atoms with Gasteiger partial charge in [0.25, 0.3) is 0 Å². The third kappa shape index (κ3) is 9.22. The van der Waals surface area contributed by atoms with Gasteiger partial charge in [-0.3, -0.25) is 4.99 Å². The standard InChI is InChI=1S/C20H41N5.HI/c1-5-21-19(22-13-14-23-20(2,3)4)24-17-11-15-25(16-12-17)18-9-7-6-8-10-18;/h17-18,23H,5-16H2,1-4H3,(H2,21,22,24);1H. The smallest absolute Gasteiger partial charge is 0.191 e. The van der Waals surface area contributed by atoms with Crippen LogP contribution in [-0.2, 0) is 0 Å². The first-order chi connectivity index (χ1) is 12.0. The summed E-state index contributed by atoms with van der Waals surface area (Å²) in [6.07, 6.45) is 9.63. The Morgan fingerprint density at radius 3 is 2.27 bits per heavy atom. The van der Waals surface area contributed by atoms with Crippen molar-refractivity contribution in [2.45, 2.75) is 90.3 Å². The molecule has 3 N–H and O–H groups in total. The van der Waals surface area contributed by atoms with E-state index in [0.717, 1.165) is 31.6 Å². The van der Waals surface area contributed by atoms with E-state index in [1.807, 2.05) is 0 Å². The monoisotopic (exact) mass is 479 g/mol. The highest BCUT2D eigenvalue weighted by atomic mass is 127. The first-order valence-electron chi connectivity index (χ1n) is 10.5. The maximum absolute atomic E-state index is 4.74. The van der Waals surface area contributed by atoms with Gasteiger partial charge < -0.3 is 20.9 Å². The van der Waals surface area contributed by atoms with Crippen molar-refractivity contribution in [2.75, 3.05) is 32.7 Å². The fourth-order valence-electron chi connectivity index (χ4n) is 3.97. The molecule has 0 bridgehead atoms. The summed E-state index contributed by atoms with van der Waals surface area (Å²) in [6, 6.07) is 1.42. The normalized spacial score (nSPS) is 21.3. The van der Waals surface area contributed by atoms with E-state index in [4.69, 9.17) is 4.99 Å². The summed E-state index contributed by atoms with van der Waals surface area (Å²) in [4.78, 5) is 7.48. The molecule has 26 heavy (non-hydrogen) atoms. The van der Waals surface area contributed by atoms with E-state index in [9.17, 15) is 0 Å². The molecule has 0 unspecified atom stereocenters. The molecule has 0 aromatic carbocycles. The van der Waals surface area contributed by atoms with Gasteiger partial charge in [0, 0.05) is 43.8 Å². The first-order valence-corrected chi connectivity index (χ1v) is 10.5. The fraction of sp³-hybridized carbons (Fsp3) is 0.950. The number of aliphatic imine (C=N–C) groups is 1. The zero-order valence-electron chi connectivity index (χ0n) is 17.4. The summed E-state index contributed by atoms with van der Waals surface area (Å²) in [7, 11) is 0. The van der Waals surface area contributed by atoms with Crippen molar-refractivity contribution >= 4 is 29.9 Å². The van der Waals surface area contributed by atoms with E-state index in [0.29, 0.717) is 6.04 Å². The van der Waals surface area contributed by atoms with Crippen molar-refractivity contribution in [2.24, 2.45) is 4.99 Å². The van der Waals surface area contributed by atoms with E-state index in [-0.39, 0.29) is 29.5 Å². The fourth-order valence-corrected chi connectivity index (χ4v) is 3.97. The molecule has 0 atom stereocenters. The summed E-state index contributed by atoms with van der Waals surface area (Å²) in [6.45, 7) is 13.9. The van der Waals surface area contributed by atoms with Gasteiger partial charge in [-0.15, -0.1) is 24.0 Å². The number of hydrogen-bond acceptors (Lipinski definition) is 3. The van der Waals surface area contributed by atoms with Gasteiger partial charge in [-0.1, -0.05) is 19.3 Å². The van der Waals surface area contributed by atoms with Crippen LogP contribution in [0.25, 0.3) is 0 Å². The van der Waals surface area contributed by atoms with Crippen LogP contribution in [0.1, 0.15) is 72.6 Å². The molecule has 0 spiro atoms. The number of piperidine rings is 1. The lowest BCUT2D eigenvalue weighted by atomic mass is 9.92. The van der Waals surface area contributed by atoms with Gasteiger partial charge in [0.15, 0.2) is 5.96 Å². The minimum absolute atomic E-state index is 0. The lowest BCUT2D eigenvalue weighted by molar-refractivity contribution is 0.119. The van der Waals surface area contributed by atoms with Crippen LogP contribution >= 0.6 is 24.0 Å². The van der Waals surface area contributed by atoms with E-state index in [1.54, 1.807) is 0 Å². The Morgan fingerprint density at radius 1 is 1.04 bits per heavy atom. The van der Waals surface area contributed by atoms with E-state index in [1.165, 1.54) is 58.0 Å².